The molecule has 4 aromatic heterocycles. The largest absolute Gasteiger partial charge is 0.490 e. The summed E-state index contributed by atoms with van der Waals surface area (Å²) in [5.41, 5.74) is 6.61. The smallest absolute Gasteiger partial charge is 0.123 e. The van der Waals surface area contributed by atoms with Crippen LogP contribution in [0.5, 0.6) is 11.5 Å². The van der Waals surface area contributed by atoms with E-state index in [1.165, 1.54) is 0 Å². The SMILES string of the molecule is c1c[nH]c(C(c2ccc[nH]2)c2ccccc2OCCOc2ccccc2C(c2ccc[nH]2)c2ccc[nH]2)c1. The van der Waals surface area contributed by atoms with Gasteiger partial charge in [-0.2, -0.15) is 0 Å². The van der Waals surface area contributed by atoms with E-state index in [0.717, 1.165) is 45.4 Å². The van der Waals surface area contributed by atoms with Gasteiger partial charge in [-0.25, -0.2) is 0 Å². The van der Waals surface area contributed by atoms with Gasteiger partial charge in [-0.3, -0.25) is 0 Å². The summed E-state index contributed by atoms with van der Waals surface area (Å²) < 4.78 is 12.6. The molecule has 0 saturated heterocycles. The topological polar surface area (TPSA) is 81.6 Å². The van der Waals surface area contributed by atoms with Gasteiger partial charge >= 0.3 is 0 Å². The molecule has 6 heteroatoms. The predicted octanol–water partition coefficient (Wildman–Crippen LogP) is 6.82. The molecule has 6 nitrogen and oxygen atoms in total. The monoisotopic (exact) mass is 502 g/mol. The number of hydrogen-bond acceptors (Lipinski definition) is 2. The number of benzene rings is 2. The molecule has 6 rings (SSSR count). The summed E-state index contributed by atoms with van der Waals surface area (Å²) in [6.07, 6.45) is 7.81. The molecule has 0 aliphatic heterocycles. The molecule has 6 aromatic rings. The second kappa shape index (κ2) is 11.0. The second-order valence-electron chi connectivity index (χ2n) is 9.14. The van der Waals surface area contributed by atoms with Crippen molar-refractivity contribution in [2.45, 2.75) is 11.8 Å². The fraction of sp³-hybridized carbons (Fsp3) is 0.125. The van der Waals surface area contributed by atoms with E-state index in [1.54, 1.807) is 0 Å². The predicted molar refractivity (Wildman–Crippen MR) is 149 cm³/mol. The average molecular weight is 503 g/mol. The second-order valence-corrected chi connectivity index (χ2v) is 9.14. The van der Waals surface area contributed by atoms with Crippen molar-refractivity contribution in [2.75, 3.05) is 13.2 Å². The van der Waals surface area contributed by atoms with Crippen LogP contribution in [0.4, 0.5) is 0 Å². The maximum atomic E-state index is 6.32. The molecule has 38 heavy (non-hydrogen) atoms. The van der Waals surface area contributed by atoms with Gasteiger partial charge in [-0.15, -0.1) is 0 Å². The van der Waals surface area contributed by atoms with Gasteiger partial charge in [0.05, 0.1) is 11.8 Å². The van der Waals surface area contributed by atoms with Crippen molar-refractivity contribution in [2.24, 2.45) is 0 Å². The highest BCUT2D eigenvalue weighted by molar-refractivity contribution is 5.47. The molecule has 0 saturated carbocycles. The molecule has 0 aliphatic carbocycles. The first-order chi connectivity index (χ1) is 18.9. The molecule has 4 N–H and O–H groups in total. The van der Waals surface area contributed by atoms with Crippen LogP contribution in [0.2, 0.25) is 0 Å². The molecule has 0 aliphatic rings. The Hall–Kier alpha value is -4.84. The number of aromatic amines is 4. The highest BCUT2D eigenvalue weighted by atomic mass is 16.5. The van der Waals surface area contributed by atoms with Crippen molar-refractivity contribution in [1.82, 2.24) is 19.9 Å². The van der Waals surface area contributed by atoms with Gasteiger partial charge in [-0.1, -0.05) is 36.4 Å². The van der Waals surface area contributed by atoms with E-state index in [-0.39, 0.29) is 11.8 Å². The fourth-order valence-electron chi connectivity index (χ4n) is 5.10. The van der Waals surface area contributed by atoms with Crippen molar-refractivity contribution < 1.29 is 9.47 Å². The zero-order valence-electron chi connectivity index (χ0n) is 20.9. The number of nitrogens with one attached hydrogen (secondary N) is 4. The molecule has 0 bridgehead atoms. The minimum atomic E-state index is 0.0141. The van der Waals surface area contributed by atoms with Crippen molar-refractivity contribution >= 4 is 0 Å². The van der Waals surface area contributed by atoms with E-state index in [9.17, 15) is 0 Å². The minimum absolute atomic E-state index is 0.0141. The third-order valence-corrected chi connectivity index (χ3v) is 6.79. The normalized spacial score (nSPS) is 11.3. The Morgan fingerprint density at radius 1 is 0.421 bits per heavy atom. The van der Waals surface area contributed by atoms with Gasteiger partial charge in [0, 0.05) is 58.7 Å². The number of rotatable bonds is 11. The average Bonchev–Trinajstić information content (AvgIpc) is 3.77. The van der Waals surface area contributed by atoms with Gasteiger partial charge in [0.1, 0.15) is 24.7 Å². The van der Waals surface area contributed by atoms with Crippen LogP contribution in [0, 0.1) is 0 Å². The van der Waals surface area contributed by atoms with Crippen LogP contribution in [0.3, 0.4) is 0 Å². The third-order valence-electron chi connectivity index (χ3n) is 6.79. The zero-order chi connectivity index (χ0) is 25.6. The van der Waals surface area contributed by atoms with Crippen LogP contribution in [0.1, 0.15) is 45.7 Å². The lowest BCUT2D eigenvalue weighted by Crippen LogP contribution is -2.14. The molecule has 0 unspecified atom stereocenters. The lowest BCUT2D eigenvalue weighted by atomic mass is 9.92. The van der Waals surface area contributed by atoms with E-state index in [2.05, 4.69) is 68.5 Å². The van der Waals surface area contributed by atoms with Crippen LogP contribution < -0.4 is 9.47 Å². The number of ether oxygens (including phenoxy) is 2. The molecule has 0 fully saturated rings. The van der Waals surface area contributed by atoms with Crippen molar-refractivity contribution in [3.8, 4) is 11.5 Å². The van der Waals surface area contributed by atoms with E-state index < -0.39 is 0 Å². The molecule has 190 valence electrons. The first-order valence-corrected chi connectivity index (χ1v) is 12.8. The van der Waals surface area contributed by atoms with Gasteiger partial charge in [-0.05, 0) is 60.7 Å². The maximum absolute atomic E-state index is 6.32. The van der Waals surface area contributed by atoms with Crippen molar-refractivity contribution in [3.05, 3.63) is 156 Å². The zero-order valence-corrected chi connectivity index (χ0v) is 20.9. The van der Waals surface area contributed by atoms with E-state index in [0.29, 0.717) is 13.2 Å². The highest BCUT2D eigenvalue weighted by Gasteiger charge is 2.23. The first-order valence-electron chi connectivity index (χ1n) is 12.8. The van der Waals surface area contributed by atoms with Crippen molar-refractivity contribution in [1.29, 1.82) is 0 Å². The fourth-order valence-corrected chi connectivity index (χ4v) is 5.10. The molecular formula is C32H30N4O2. The molecule has 2 aromatic carbocycles. The lowest BCUT2D eigenvalue weighted by molar-refractivity contribution is 0.214. The summed E-state index contributed by atoms with van der Waals surface area (Å²) in [5, 5.41) is 0. The van der Waals surface area contributed by atoms with E-state index in [4.69, 9.17) is 9.47 Å². The molecular weight excluding hydrogens is 472 g/mol. The summed E-state index contributed by atoms with van der Waals surface area (Å²) in [5.74, 6) is 1.71. The number of para-hydroxylation sites is 2. The molecule has 0 atom stereocenters. The number of hydrogen-bond donors (Lipinski definition) is 4. The van der Waals surface area contributed by atoms with Crippen LogP contribution in [-0.2, 0) is 0 Å². The van der Waals surface area contributed by atoms with E-state index in [1.807, 2.05) is 73.3 Å². The molecule has 0 amide bonds. The van der Waals surface area contributed by atoms with Crippen LogP contribution in [0.25, 0.3) is 0 Å². The molecule has 4 heterocycles. The van der Waals surface area contributed by atoms with Crippen molar-refractivity contribution in [3.63, 3.8) is 0 Å². The van der Waals surface area contributed by atoms with Gasteiger partial charge in [0.15, 0.2) is 0 Å². The first kappa shape index (κ1) is 23.6. The third kappa shape index (κ3) is 4.89. The summed E-state index contributed by atoms with van der Waals surface area (Å²) in [4.78, 5) is 13.5. The number of aromatic nitrogens is 4. The maximum Gasteiger partial charge on any atom is 0.123 e. The Morgan fingerprint density at radius 3 is 1.08 bits per heavy atom. The lowest BCUT2D eigenvalue weighted by Gasteiger charge is -2.21. The summed E-state index contributed by atoms with van der Waals surface area (Å²) >= 11 is 0. The highest BCUT2D eigenvalue weighted by Crippen LogP contribution is 2.37. The molecule has 0 spiro atoms. The Balaban J connectivity index is 1.20. The Bertz CT molecular complexity index is 1330. The quantitative estimate of drug-likeness (QED) is 0.147. The summed E-state index contributed by atoms with van der Waals surface area (Å²) in [6.45, 7) is 0.840. The molecule has 0 radical (unpaired) electrons. The number of H-pyrrole nitrogens is 4. The van der Waals surface area contributed by atoms with Gasteiger partial charge in [0.2, 0.25) is 0 Å². The minimum Gasteiger partial charge on any atom is -0.490 e. The van der Waals surface area contributed by atoms with Crippen LogP contribution in [-0.4, -0.2) is 33.1 Å². The Morgan fingerprint density at radius 2 is 0.763 bits per heavy atom. The van der Waals surface area contributed by atoms with Crippen LogP contribution in [0.15, 0.2) is 122 Å². The Labute approximate surface area is 221 Å². The van der Waals surface area contributed by atoms with Crippen LogP contribution >= 0.6 is 0 Å². The standard InChI is InChI=1S/C32H30N4O2/c1-3-15-29(23(9-1)31(25-11-5-17-33-25)26-12-6-18-34-26)37-21-22-38-30-16-4-2-10-24(30)32(27-13-7-19-35-27)28-14-8-20-36-28/h1-20,31-36H,21-22H2. The Kier molecular flexibility index (Phi) is 6.85. The van der Waals surface area contributed by atoms with E-state index >= 15 is 0 Å². The van der Waals surface area contributed by atoms with Gasteiger partial charge in [0.25, 0.3) is 0 Å². The van der Waals surface area contributed by atoms with Gasteiger partial charge < -0.3 is 29.4 Å². The summed E-state index contributed by atoms with van der Waals surface area (Å²) in [6, 6.07) is 32.9. The summed E-state index contributed by atoms with van der Waals surface area (Å²) in [7, 11) is 0.